The lowest BCUT2D eigenvalue weighted by Gasteiger charge is -2.22. The summed E-state index contributed by atoms with van der Waals surface area (Å²) in [4.78, 5) is 29.5. The molecular formula is C17H20N2O2S. The van der Waals surface area contributed by atoms with Crippen molar-refractivity contribution in [2.75, 3.05) is 0 Å². The summed E-state index contributed by atoms with van der Waals surface area (Å²) in [7, 11) is 0. The fraction of sp³-hybridized carbons (Fsp3) is 0.471. The third-order valence-corrected chi connectivity index (χ3v) is 5.32. The Hall–Kier alpha value is -1.62. The molecule has 0 amide bonds. The Labute approximate surface area is 133 Å². The van der Waals surface area contributed by atoms with Crippen LogP contribution in [0.4, 0.5) is 0 Å². The van der Waals surface area contributed by atoms with E-state index in [1.807, 2.05) is 38.1 Å². The summed E-state index contributed by atoms with van der Waals surface area (Å²) in [5.41, 5.74) is 0.682. The van der Waals surface area contributed by atoms with Gasteiger partial charge in [-0.15, -0.1) is 0 Å². The number of carbonyl (C=O) groups is 1. The molecule has 4 nitrogen and oxygen atoms in total. The maximum Gasteiger partial charge on any atom is 0.262 e. The summed E-state index contributed by atoms with van der Waals surface area (Å²) in [6.07, 6.45) is 3.59. The molecule has 22 heavy (non-hydrogen) atoms. The van der Waals surface area contributed by atoms with Gasteiger partial charge in [-0.2, -0.15) is 0 Å². The average Bonchev–Trinajstić information content (AvgIpc) is 2.49. The van der Waals surface area contributed by atoms with Gasteiger partial charge < -0.3 is 0 Å². The fourth-order valence-electron chi connectivity index (χ4n) is 2.87. The van der Waals surface area contributed by atoms with E-state index in [9.17, 15) is 9.59 Å². The average molecular weight is 316 g/mol. The van der Waals surface area contributed by atoms with E-state index in [4.69, 9.17) is 0 Å². The molecule has 0 saturated heterocycles. The Bertz CT molecular complexity index is 767. The molecule has 1 aliphatic carbocycles. The zero-order valence-electron chi connectivity index (χ0n) is 12.9. The number of benzene rings is 1. The predicted octanol–water partition coefficient (Wildman–Crippen LogP) is 3.58. The fourth-order valence-corrected chi connectivity index (χ4v) is 4.21. The van der Waals surface area contributed by atoms with Crippen molar-refractivity contribution in [3.8, 4) is 0 Å². The number of carbonyl (C=O) groups excluding carboxylic acids is 1. The van der Waals surface area contributed by atoms with Crippen LogP contribution in [0.15, 0.2) is 34.2 Å². The van der Waals surface area contributed by atoms with Crippen molar-refractivity contribution in [1.82, 2.24) is 9.55 Å². The highest BCUT2D eigenvalue weighted by atomic mass is 32.2. The molecule has 5 heteroatoms. The second kappa shape index (κ2) is 6.24. The molecule has 0 unspecified atom stereocenters. The third kappa shape index (κ3) is 2.82. The number of fused-ring (bicyclic) bond motifs is 1. The van der Waals surface area contributed by atoms with Crippen LogP contribution in [-0.4, -0.2) is 20.6 Å². The number of rotatable bonds is 3. The summed E-state index contributed by atoms with van der Waals surface area (Å²) in [6.45, 7) is 3.95. The first-order chi connectivity index (χ1) is 10.6. The van der Waals surface area contributed by atoms with E-state index in [2.05, 4.69) is 4.98 Å². The van der Waals surface area contributed by atoms with E-state index in [0.717, 1.165) is 19.3 Å². The van der Waals surface area contributed by atoms with Gasteiger partial charge in [0.15, 0.2) is 5.16 Å². The third-order valence-electron chi connectivity index (χ3n) is 4.04. The summed E-state index contributed by atoms with van der Waals surface area (Å²) in [5, 5.41) is 1.24. The van der Waals surface area contributed by atoms with Crippen molar-refractivity contribution >= 4 is 28.4 Å². The first-order valence-corrected chi connectivity index (χ1v) is 8.66. The SMILES string of the molecule is CC(C)n1c(S[C@H]2CCCCC2=O)nc2ccccc2c1=O. The monoisotopic (exact) mass is 316 g/mol. The number of hydrogen-bond donors (Lipinski definition) is 0. The van der Waals surface area contributed by atoms with E-state index in [-0.39, 0.29) is 22.6 Å². The van der Waals surface area contributed by atoms with Crippen LogP contribution in [0.5, 0.6) is 0 Å². The van der Waals surface area contributed by atoms with Crippen molar-refractivity contribution < 1.29 is 4.79 Å². The standard InChI is InChI=1S/C17H20N2O2S/c1-11(2)19-16(21)12-7-3-4-8-13(12)18-17(19)22-15-10-6-5-9-14(15)20/h3-4,7-8,11,15H,5-6,9-10H2,1-2H3/t15-/m0/s1. The Kier molecular flexibility index (Phi) is 4.34. The molecule has 116 valence electrons. The van der Waals surface area contributed by atoms with Gasteiger partial charge in [-0.05, 0) is 38.8 Å². The van der Waals surface area contributed by atoms with E-state index < -0.39 is 0 Å². The number of hydrogen-bond acceptors (Lipinski definition) is 4. The lowest BCUT2D eigenvalue weighted by molar-refractivity contribution is -0.119. The molecule has 1 saturated carbocycles. The molecule has 1 aliphatic rings. The van der Waals surface area contributed by atoms with E-state index >= 15 is 0 Å². The smallest absolute Gasteiger partial charge is 0.262 e. The van der Waals surface area contributed by atoms with Gasteiger partial charge in [0, 0.05) is 12.5 Å². The first-order valence-electron chi connectivity index (χ1n) is 7.78. The van der Waals surface area contributed by atoms with Crippen LogP contribution in [0.25, 0.3) is 10.9 Å². The van der Waals surface area contributed by atoms with Crippen LogP contribution in [0.1, 0.15) is 45.6 Å². The molecule has 0 spiro atoms. The summed E-state index contributed by atoms with van der Waals surface area (Å²) < 4.78 is 1.72. The van der Waals surface area contributed by atoms with Crippen LogP contribution >= 0.6 is 11.8 Å². The highest BCUT2D eigenvalue weighted by Crippen LogP contribution is 2.31. The molecule has 1 atom stereocenters. The van der Waals surface area contributed by atoms with Crippen molar-refractivity contribution in [3.63, 3.8) is 0 Å². The van der Waals surface area contributed by atoms with Gasteiger partial charge in [-0.1, -0.05) is 30.3 Å². The number of Topliss-reactive ketones (excluding diaryl/α,β-unsaturated/α-hetero) is 1. The number of aromatic nitrogens is 2. The quantitative estimate of drug-likeness (QED) is 0.812. The Morgan fingerprint density at radius 1 is 1.23 bits per heavy atom. The number of ketones is 1. The predicted molar refractivity (Wildman–Crippen MR) is 89.5 cm³/mol. The summed E-state index contributed by atoms with van der Waals surface area (Å²) in [6, 6.07) is 7.42. The molecule has 3 rings (SSSR count). The molecule has 1 aromatic heterocycles. The maximum atomic E-state index is 12.7. The van der Waals surface area contributed by atoms with Crippen LogP contribution in [-0.2, 0) is 4.79 Å². The Morgan fingerprint density at radius 2 is 2.00 bits per heavy atom. The minimum Gasteiger partial charge on any atom is -0.298 e. The second-order valence-electron chi connectivity index (χ2n) is 6.00. The molecule has 0 radical (unpaired) electrons. The van der Waals surface area contributed by atoms with E-state index in [1.165, 1.54) is 11.8 Å². The zero-order chi connectivity index (χ0) is 15.7. The molecule has 0 aliphatic heterocycles. The number of nitrogens with zero attached hydrogens (tertiary/aromatic N) is 2. The van der Waals surface area contributed by atoms with E-state index in [1.54, 1.807) is 4.57 Å². The molecule has 1 aromatic carbocycles. The van der Waals surface area contributed by atoms with Crippen molar-refractivity contribution in [2.24, 2.45) is 0 Å². The molecule has 1 heterocycles. The van der Waals surface area contributed by atoms with Crippen molar-refractivity contribution in [2.45, 2.75) is 56.0 Å². The molecule has 0 bridgehead atoms. The first kappa shape index (κ1) is 15.3. The minimum absolute atomic E-state index is 0.0193. The van der Waals surface area contributed by atoms with Gasteiger partial charge >= 0.3 is 0 Å². The number of thioether (sulfide) groups is 1. The van der Waals surface area contributed by atoms with Gasteiger partial charge in [-0.25, -0.2) is 4.98 Å². The highest BCUT2D eigenvalue weighted by Gasteiger charge is 2.26. The van der Waals surface area contributed by atoms with Gasteiger partial charge in [0.25, 0.3) is 5.56 Å². The van der Waals surface area contributed by atoms with Crippen LogP contribution in [0, 0.1) is 0 Å². The van der Waals surface area contributed by atoms with Crippen LogP contribution in [0.2, 0.25) is 0 Å². The minimum atomic E-state index is -0.0631. The van der Waals surface area contributed by atoms with E-state index in [0.29, 0.717) is 22.5 Å². The van der Waals surface area contributed by atoms with Crippen molar-refractivity contribution in [1.29, 1.82) is 0 Å². The van der Waals surface area contributed by atoms with Crippen molar-refractivity contribution in [3.05, 3.63) is 34.6 Å². The van der Waals surface area contributed by atoms with Crippen LogP contribution in [0.3, 0.4) is 0 Å². The molecular weight excluding hydrogens is 296 g/mol. The molecule has 2 aromatic rings. The normalized spacial score (nSPS) is 19.0. The summed E-state index contributed by atoms with van der Waals surface area (Å²) in [5.74, 6) is 0.286. The van der Waals surface area contributed by atoms with Gasteiger partial charge in [0.1, 0.15) is 5.78 Å². The Morgan fingerprint density at radius 3 is 2.73 bits per heavy atom. The maximum absolute atomic E-state index is 12.7. The summed E-state index contributed by atoms with van der Waals surface area (Å²) >= 11 is 1.46. The van der Waals surface area contributed by atoms with Gasteiger partial charge in [-0.3, -0.25) is 14.2 Å². The van der Waals surface area contributed by atoms with Gasteiger partial charge in [0.2, 0.25) is 0 Å². The Balaban J connectivity index is 2.09. The second-order valence-corrected chi connectivity index (χ2v) is 7.17. The van der Waals surface area contributed by atoms with Crippen LogP contribution < -0.4 is 5.56 Å². The highest BCUT2D eigenvalue weighted by molar-refractivity contribution is 8.00. The molecule has 0 N–H and O–H groups in total. The lowest BCUT2D eigenvalue weighted by atomic mass is 9.99. The zero-order valence-corrected chi connectivity index (χ0v) is 13.7. The largest absolute Gasteiger partial charge is 0.298 e. The number of para-hydroxylation sites is 1. The van der Waals surface area contributed by atoms with Gasteiger partial charge in [0.05, 0.1) is 16.2 Å². The topological polar surface area (TPSA) is 52.0 Å². The molecule has 1 fully saturated rings. The lowest BCUT2D eigenvalue weighted by Crippen LogP contribution is -2.28.